The summed E-state index contributed by atoms with van der Waals surface area (Å²) >= 11 is 0. The van der Waals surface area contributed by atoms with Crippen LogP contribution < -0.4 is 15.4 Å². The van der Waals surface area contributed by atoms with E-state index in [9.17, 15) is 4.79 Å². The van der Waals surface area contributed by atoms with Crippen molar-refractivity contribution in [3.05, 3.63) is 29.8 Å². The standard InChI is InChI=1S/C13H20N2O2/c1-9(15-13(16)10(2)14-3)11-5-7-12(17-4)8-6-11/h5-10,14H,1-4H3,(H,15,16)/t9-,10-/m0/s1. The lowest BCUT2D eigenvalue weighted by atomic mass is 10.1. The van der Waals surface area contributed by atoms with E-state index in [1.807, 2.05) is 38.1 Å². The number of carbonyl (C=O) groups excluding carboxylic acids is 1. The maximum atomic E-state index is 11.7. The second kappa shape index (κ2) is 6.25. The van der Waals surface area contributed by atoms with Crippen LogP contribution in [0.3, 0.4) is 0 Å². The molecule has 0 aliphatic rings. The predicted octanol–water partition coefficient (Wildman–Crippen LogP) is 1.48. The Labute approximate surface area is 102 Å². The Kier molecular flexibility index (Phi) is 4.97. The molecule has 0 aliphatic heterocycles. The highest BCUT2D eigenvalue weighted by Crippen LogP contribution is 2.17. The molecular formula is C13H20N2O2. The van der Waals surface area contributed by atoms with Crippen molar-refractivity contribution in [2.24, 2.45) is 0 Å². The van der Waals surface area contributed by atoms with E-state index < -0.39 is 0 Å². The minimum absolute atomic E-state index is 0.00387. The lowest BCUT2D eigenvalue weighted by molar-refractivity contribution is -0.123. The highest BCUT2D eigenvalue weighted by atomic mass is 16.5. The summed E-state index contributed by atoms with van der Waals surface area (Å²) in [6.45, 7) is 3.79. The van der Waals surface area contributed by atoms with Gasteiger partial charge in [-0.3, -0.25) is 4.79 Å². The van der Waals surface area contributed by atoms with E-state index in [0.717, 1.165) is 11.3 Å². The van der Waals surface area contributed by atoms with Crippen LogP contribution in [0, 0.1) is 0 Å². The number of carbonyl (C=O) groups is 1. The highest BCUT2D eigenvalue weighted by Gasteiger charge is 2.14. The molecule has 4 heteroatoms. The van der Waals surface area contributed by atoms with E-state index in [4.69, 9.17) is 4.74 Å². The largest absolute Gasteiger partial charge is 0.497 e. The molecule has 0 spiro atoms. The Balaban J connectivity index is 2.63. The Morgan fingerprint density at radius 1 is 1.24 bits per heavy atom. The Morgan fingerprint density at radius 2 is 1.82 bits per heavy atom. The SMILES string of the molecule is CN[C@@H](C)C(=O)N[C@@H](C)c1ccc(OC)cc1. The zero-order valence-corrected chi connectivity index (χ0v) is 10.8. The number of hydrogen-bond acceptors (Lipinski definition) is 3. The third kappa shape index (κ3) is 3.75. The second-order valence-corrected chi connectivity index (χ2v) is 4.01. The first-order valence-corrected chi connectivity index (χ1v) is 5.70. The molecule has 4 nitrogen and oxygen atoms in total. The number of benzene rings is 1. The molecular weight excluding hydrogens is 216 g/mol. The van der Waals surface area contributed by atoms with Crippen LogP contribution >= 0.6 is 0 Å². The fourth-order valence-corrected chi connectivity index (χ4v) is 1.45. The third-order valence-electron chi connectivity index (χ3n) is 2.80. The molecule has 2 N–H and O–H groups in total. The summed E-state index contributed by atoms with van der Waals surface area (Å²) in [5.74, 6) is 0.812. The van der Waals surface area contributed by atoms with Gasteiger partial charge in [-0.25, -0.2) is 0 Å². The lowest BCUT2D eigenvalue weighted by Gasteiger charge is -2.17. The van der Waals surface area contributed by atoms with Gasteiger partial charge in [-0.05, 0) is 38.6 Å². The molecule has 1 amide bonds. The zero-order chi connectivity index (χ0) is 12.8. The molecule has 0 aliphatic carbocycles. The van der Waals surface area contributed by atoms with E-state index in [0.29, 0.717) is 0 Å². The van der Waals surface area contributed by atoms with Gasteiger partial charge in [0.05, 0.1) is 19.2 Å². The van der Waals surface area contributed by atoms with Gasteiger partial charge in [0.1, 0.15) is 5.75 Å². The normalized spacial score (nSPS) is 13.9. The summed E-state index contributed by atoms with van der Waals surface area (Å²) in [6.07, 6.45) is 0. The summed E-state index contributed by atoms with van der Waals surface area (Å²) < 4.78 is 5.09. The average molecular weight is 236 g/mol. The third-order valence-corrected chi connectivity index (χ3v) is 2.80. The van der Waals surface area contributed by atoms with Gasteiger partial charge in [0.15, 0.2) is 0 Å². The summed E-state index contributed by atoms with van der Waals surface area (Å²) in [6, 6.07) is 7.49. The van der Waals surface area contributed by atoms with Gasteiger partial charge in [0.2, 0.25) is 5.91 Å². The Bertz CT molecular complexity index is 362. The van der Waals surface area contributed by atoms with Gasteiger partial charge in [-0.2, -0.15) is 0 Å². The maximum Gasteiger partial charge on any atom is 0.237 e. The predicted molar refractivity (Wildman–Crippen MR) is 68.1 cm³/mol. The van der Waals surface area contributed by atoms with Crippen LogP contribution in [0.15, 0.2) is 24.3 Å². The number of nitrogens with one attached hydrogen (secondary N) is 2. The highest BCUT2D eigenvalue weighted by molar-refractivity contribution is 5.81. The minimum Gasteiger partial charge on any atom is -0.497 e. The van der Waals surface area contributed by atoms with Crippen molar-refractivity contribution in [2.75, 3.05) is 14.2 Å². The molecule has 0 heterocycles. The quantitative estimate of drug-likeness (QED) is 0.814. The van der Waals surface area contributed by atoms with Gasteiger partial charge >= 0.3 is 0 Å². The molecule has 1 rings (SSSR count). The monoisotopic (exact) mass is 236 g/mol. The second-order valence-electron chi connectivity index (χ2n) is 4.01. The molecule has 0 saturated carbocycles. The van der Waals surface area contributed by atoms with Gasteiger partial charge in [-0.1, -0.05) is 12.1 Å². The van der Waals surface area contributed by atoms with Crippen molar-refractivity contribution in [3.63, 3.8) is 0 Å². The zero-order valence-electron chi connectivity index (χ0n) is 10.8. The summed E-state index contributed by atoms with van der Waals surface area (Å²) in [5.41, 5.74) is 1.06. The number of methoxy groups -OCH3 is 1. The van der Waals surface area contributed by atoms with Crippen LogP contribution in [-0.4, -0.2) is 26.1 Å². The van der Waals surface area contributed by atoms with E-state index in [1.165, 1.54) is 0 Å². The molecule has 0 unspecified atom stereocenters. The van der Waals surface area contributed by atoms with Gasteiger partial charge < -0.3 is 15.4 Å². The summed E-state index contributed by atoms with van der Waals surface area (Å²) in [7, 11) is 3.40. The first-order valence-electron chi connectivity index (χ1n) is 5.70. The Morgan fingerprint density at radius 3 is 2.29 bits per heavy atom. The summed E-state index contributed by atoms with van der Waals surface area (Å²) in [5, 5.41) is 5.85. The number of hydrogen-bond donors (Lipinski definition) is 2. The van der Waals surface area contributed by atoms with Crippen molar-refractivity contribution < 1.29 is 9.53 Å². The smallest absolute Gasteiger partial charge is 0.237 e. The first-order chi connectivity index (χ1) is 8.08. The Hall–Kier alpha value is -1.55. The van der Waals surface area contributed by atoms with Crippen molar-refractivity contribution in [3.8, 4) is 5.75 Å². The number of rotatable bonds is 5. The van der Waals surface area contributed by atoms with Crippen molar-refractivity contribution >= 4 is 5.91 Å². The molecule has 0 saturated heterocycles. The molecule has 0 bridgehead atoms. The van der Waals surface area contributed by atoms with Crippen LogP contribution in [0.1, 0.15) is 25.5 Å². The van der Waals surface area contributed by atoms with Crippen molar-refractivity contribution in [1.82, 2.24) is 10.6 Å². The van der Waals surface area contributed by atoms with Crippen LogP contribution in [0.4, 0.5) is 0 Å². The minimum atomic E-state index is -0.185. The van der Waals surface area contributed by atoms with Crippen LogP contribution in [0.25, 0.3) is 0 Å². The van der Waals surface area contributed by atoms with Crippen molar-refractivity contribution in [2.45, 2.75) is 25.9 Å². The fraction of sp³-hybridized carbons (Fsp3) is 0.462. The molecule has 1 aromatic carbocycles. The van der Waals surface area contributed by atoms with Crippen LogP contribution in [0.5, 0.6) is 5.75 Å². The molecule has 0 aromatic heterocycles. The molecule has 94 valence electrons. The van der Waals surface area contributed by atoms with Gasteiger partial charge in [-0.15, -0.1) is 0 Å². The number of amides is 1. The van der Waals surface area contributed by atoms with Gasteiger partial charge in [0, 0.05) is 0 Å². The van der Waals surface area contributed by atoms with Crippen molar-refractivity contribution in [1.29, 1.82) is 0 Å². The molecule has 0 fully saturated rings. The lowest BCUT2D eigenvalue weighted by Crippen LogP contribution is -2.41. The fourth-order valence-electron chi connectivity index (χ4n) is 1.45. The van der Waals surface area contributed by atoms with E-state index >= 15 is 0 Å². The van der Waals surface area contributed by atoms with Crippen LogP contribution in [-0.2, 0) is 4.79 Å². The average Bonchev–Trinajstić information content (AvgIpc) is 2.37. The molecule has 1 aromatic rings. The topological polar surface area (TPSA) is 50.4 Å². The maximum absolute atomic E-state index is 11.7. The van der Waals surface area contributed by atoms with E-state index in [1.54, 1.807) is 14.2 Å². The molecule has 0 radical (unpaired) electrons. The van der Waals surface area contributed by atoms with E-state index in [-0.39, 0.29) is 18.0 Å². The number of ether oxygens (including phenoxy) is 1. The van der Waals surface area contributed by atoms with Crippen LogP contribution in [0.2, 0.25) is 0 Å². The molecule has 2 atom stereocenters. The molecule has 17 heavy (non-hydrogen) atoms. The first kappa shape index (κ1) is 13.5. The van der Waals surface area contributed by atoms with E-state index in [2.05, 4.69) is 10.6 Å². The summed E-state index contributed by atoms with van der Waals surface area (Å²) in [4.78, 5) is 11.7. The van der Waals surface area contributed by atoms with Gasteiger partial charge in [0.25, 0.3) is 0 Å². The number of likely N-dealkylation sites (N-methyl/N-ethyl adjacent to an activating group) is 1.